The second kappa shape index (κ2) is 4.30. The maximum absolute atomic E-state index is 11.6. The Morgan fingerprint density at radius 2 is 1.60 bits per heavy atom. The van der Waals surface area contributed by atoms with Crippen LogP contribution in [0.3, 0.4) is 0 Å². The molecule has 0 bridgehead atoms. The fraction of sp³-hybridized carbons (Fsp3) is 0.692. The minimum atomic E-state index is -0.0853. The standard InChI is InChI=1S/C13H20O2/c1-9(2)13(3,4)8-10-11(14)6-5-7-12(10)15/h8-9H,5-7H2,1-4H3. The van der Waals surface area contributed by atoms with Crippen molar-refractivity contribution >= 4 is 11.6 Å². The molecule has 0 aliphatic heterocycles. The van der Waals surface area contributed by atoms with E-state index in [9.17, 15) is 9.59 Å². The monoisotopic (exact) mass is 208 g/mol. The molecule has 2 heteroatoms. The van der Waals surface area contributed by atoms with Crippen LogP contribution in [-0.2, 0) is 9.59 Å². The highest BCUT2D eigenvalue weighted by atomic mass is 16.1. The van der Waals surface area contributed by atoms with Crippen LogP contribution in [0, 0.1) is 11.3 Å². The maximum atomic E-state index is 11.6. The fourth-order valence-corrected chi connectivity index (χ4v) is 1.53. The Morgan fingerprint density at radius 3 is 2.00 bits per heavy atom. The molecule has 1 aliphatic carbocycles. The number of ketones is 2. The first-order valence-corrected chi connectivity index (χ1v) is 5.64. The molecule has 0 unspecified atom stereocenters. The summed E-state index contributed by atoms with van der Waals surface area (Å²) in [7, 11) is 0. The average Bonchev–Trinajstić information content (AvgIpc) is 2.11. The van der Waals surface area contributed by atoms with Crippen LogP contribution in [0.2, 0.25) is 0 Å². The van der Waals surface area contributed by atoms with Crippen LogP contribution in [0.15, 0.2) is 11.6 Å². The summed E-state index contributed by atoms with van der Waals surface area (Å²) in [6, 6.07) is 0. The molecule has 0 amide bonds. The zero-order valence-electron chi connectivity index (χ0n) is 10.1. The van der Waals surface area contributed by atoms with E-state index in [-0.39, 0.29) is 17.0 Å². The van der Waals surface area contributed by atoms with Crippen LogP contribution in [0.1, 0.15) is 47.0 Å². The van der Waals surface area contributed by atoms with Crippen LogP contribution >= 0.6 is 0 Å². The molecule has 0 spiro atoms. The highest BCUT2D eigenvalue weighted by molar-refractivity contribution is 6.21. The summed E-state index contributed by atoms with van der Waals surface area (Å²) in [5.41, 5.74) is 0.359. The summed E-state index contributed by atoms with van der Waals surface area (Å²) in [5.74, 6) is 0.479. The number of carbonyl (C=O) groups is 2. The highest BCUT2D eigenvalue weighted by Gasteiger charge is 2.28. The van der Waals surface area contributed by atoms with E-state index in [0.717, 1.165) is 6.42 Å². The number of allylic oxidation sites excluding steroid dienone is 2. The van der Waals surface area contributed by atoms with Crippen molar-refractivity contribution in [2.24, 2.45) is 11.3 Å². The molecule has 2 nitrogen and oxygen atoms in total. The number of Topliss-reactive ketones (excluding diaryl/α,β-unsaturated/α-hetero) is 2. The molecular weight excluding hydrogens is 188 g/mol. The van der Waals surface area contributed by atoms with Gasteiger partial charge in [0.05, 0.1) is 5.57 Å². The van der Waals surface area contributed by atoms with E-state index in [0.29, 0.717) is 24.3 Å². The summed E-state index contributed by atoms with van der Waals surface area (Å²) in [4.78, 5) is 23.2. The van der Waals surface area contributed by atoms with Crippen molar-refractivity contribution in [1.29, 1.82) is 0 Å². The van der Waals surface area contributed by atoms with Gasteiger partial charge in [-0.2, -0.15) is 0 Å². The Morgan fingerprint density at radius 1 is 1.13 bits per heavy atom. The molecule has 1 rings (SSSR count). The number of hydrogen-bond donors (Lipinski definition) is 0. The van der Waals surface area contributed by atoms with E-state index in [2.05, 4.69) is 27.7 Å². The zero-order valence-corrected chi connectivity index (χ0v) is 10.1. The van der Waals surface area contributed by atoms with E-state index in [1.54, 1.807) is 0 Å². The molecule has 0 radical (unpaired) electrons. The van der Waals surface area contributed by atoms with Gasteiger partial charge in [-0.1, -0.05) is 33.8 Å². The van der Waals surface area contributed by atoms with Gasteiger partial charge in [0.15, 0.2) is 11.6 Å². The third-order valence-corrected chi connectivity index (χ3v) is 3.41. The van der Waals surface area contributed by atoms with Crippen molar-refractivity contribution in [1.82, 2.24) is 0 Å². The molecule has 1 aliphatic rings. The van der Waals surface area contributed by atoms with E-state index >= 15 is 0 Å². The van der Waals surface area contributed by atoms with Crippen LogP contribution < -0.4 is 0 Å². The predicted octanol–water partition coefficient (Wildman–Crippen LogP) is 2.92. The summed E-state index contributed by atoms with van der Waals surface area (Å²) in [6.07, 6.45) is 3.66. The quantitative estimate of drug-likeness (QED) is 0.516. The van der Waals surface area contributed by atoms with Crippen LogP contribution in [0.25, 0.3) is 0 Å². The van der Waals surface area contributed by atoms with Crippen molar-refractivity contribution in [2.75, 3.05) is 0 Å². The second-order valence-corrected chi connectivity index (χ2v) is 5.23. The fourth-order valence-electron chi connectivity index (χ4n) is 1.53. The lowest BCUT2D eigenvalue weighted by Gasteiger charge is -2.27. The smallest absolute Gasteiger partial charge is 0.166 e. The highest BCUT2D eigenvalue weighted by Crippen LogP contribution is 2.31. The van der Waals surface area contributed by atoms with Crippen LogP contribution in [-0.4, -0.2) is 11.6 Å². The van der Waals surface area contributed by atoms with Gasteiger partial charge in [-0.25, -0.2) is 0 Å². The van der Waals surface area contributed by atoms with Crippen molar-refractivity contribution in [2.45, 2.75) is 47.0 Å². The van der Waals surface area contributed by atoms with E-state index in [4.69, 9.17) is 0 Å². The third kappa shape index (κ3) is 2.77. The Bertz CT molecular complexity index is 290. The first-order valence-electron chi connectivity index (χ1n) is 5.64. The third-order valence-electron chi connectivity index (χ3n) is 3.41. The molecule has 0 aromatic rings. The van der Waals surface area contributed by atoms with Crippen molar-refractivity contribution < 1.29 is 9.59 Å². The van der Waals surface area contributed by atoms with Gasteiger partial charge in [0, 0.05) is 12.8 Å². The molecule has 1 fully saturated rings. The lowest BCUT2D eigenvalue weighted by molar-refractivity contribution is -0.123. The van der Waals surface area contributed by atoms with Gasteiger partial charge in [0.2, 0.25) is 0 Å². The SMILES string of the molecule is CC(C)C(C)(C)C=C1C(=O)CCCC1=O. The molecule has 0 saturated heterocycles. The van der Waals surface area contributed by atoms with Crippen molar-refractivity contribution in [3.05, 3.63) is 11.6 Å². The lowest BCUT2D eigenvalue weighted by Crippen LogP contribution is -2.24. The van der Waals surface area contributed by atoms with Gasteiger partial charge in [0.25, 0.3) is 0 Å². The molecular formula is C13H20O2. The van der Waals surface area contributed by atoms with Crippen LogP contribution in [0.4, 0.5) is 0 Å². The molecule has 0 aromatic carbocycles. The molecule has 15 heavy (non-hydrogen) atoms. The first kappa shape index (κ1) is 12.2. The molecule has 0 atom stereocenters. The number of hydrogen-bond acceptors (Lipinski definition) is 2. The maximum Gasteiger partial charge on any atom is 0.166 e. The van der Waals surface area contributed by atoms with Gasteiger partial charge in [-0.05, 0) is 17.8 Å². The van der Waals surface area contributed by atoms with Crippen molar-refractivity contribution in [3.8, 4) is 0 Å². The first-order chi connectivity index (χ1) is 6.84. The Hall–Kier alpha value is -0.920. The van der Waals surface area contributed by atoms with E-state index in [1.807, 2.05) is 6.08 Å². The molecule has 0 aromatic heterocycles. The summed E-state index contributed by atoms with van der Waals surface area (Å²) in [5, 5.41) is 0. The van der Waals surface area contributed by atoms with E-state index in [1.165, 1.54) is 0 Å². The normalized spacial score (nSPS) is 18.6. The van der Waals surface area contributed by atoms with Crippen molar-refractivity contribution in [3.63, 3.8) is 0 Å². The van der Waals surface area contributed by atoms with Gasteiger partial charge < -0.3 is 0 Å². The molecule has 0 heterocycles. The molecule has 1 saturated carbocycles. The second-order valence-electron chi connectivity index (χ2n) is 5.23. The summed E-state index contributed by atoms with van der Waals surface area (Å²) < 4.78 is 0. The minimum Gasteiger partial charge on any atom is -0.294 e. The largest absolute Gasteiger partial charge is 0.294 e. The zero-order chi connectivity index (χ0) is 11.6. The molecule has 84 valence electrons. The summed E-state index contributed by atoms with van der Waals surface area (Å²) >= 11 is 0. The lowest BCUT2D eigenvalue weighted by atomic mass is 9.77. The topological polar surface area (TPSA) is 34.1 Å². The van der Waals surface area contributed by atoms with Gasteiger partial charge in [0.1, 0.15) is 0 Å². The van der Waals surface area contributed by atoms with Gasteiger partial charge in [-0.15, -0.1) is 0 Å². The van der Waals surface area contributed by atoms with Gasteiger partial charge >= 0.3 is 0 Å². The predicted molar refractivity (Wildman–Crippen MR) is 60.6 cm³/mol. The van der Waals surface area contributed by atoms with Gasteiger partial charge in [-0.3, -0.25) is 9.59 Å². The average molecular weight is 208 g/mol. The summed E-state index contributed by atoms with van der Waals surface area (Å²) in [6.45, 7) is 8.35. The molecule has 0 N–H and O–H groups in total. The minimum absolute atomic E-state index is 0.0278. The van der Waals surface area contributed by atoms with Crippen LogP contribution in [0.5, 0.6) is 0 Å². The Kier molecular flexibility index (Phi) is 3.48. The Labute approximate surface area is 91.7 Å². The number of rotatable bonds is 2. The number of carbonyl (C=O) groups excluding carboxylic acids is 2. The van der Waals surface area contributed by atoms with E-state index < -0.39 is 0 Å². The Balaban J connectivity index is 2.98.